The number of nitrogens with zero attached hydrogens (tertiary/aromatic N) is 6. The standard InChI is InChI=1S/3C30H18N2O/c33-30-25-18-21(19-9-3-1-4-10-19)17-24-22(20-11-5-2-6-12-20)15-16-23(28(24)25)29-31-26-13-7-8-14-27(26)32(29)30;33-30-25-13-7-12-23-22(20-10-5-2-6-11-20)15-16-24(28(23)25)29-31-26-18-21(14-17-27(26)32(29)30)19-8-3-1-4-9-19;33-30-25-13-7-12-23-22(20-10-5-2-6-11-20)15-16-24(28(23)25)29-31-26-17-14-21(18-27(26)32(29)30)19-8-3-1-4-9-19/h3*1-18H. The van der Waals surface area contributed by atoms with E-state index < -0.39 is 0 Å². The van der Waals surface area contributed by atoms with E-state index in [2.05, 4.69) is 152 Å². The lowest BCUT2D eigenvalue weighted by atomic mass is 9.91. The zero-order valence-electron chi connectivity index (χ0n) is 53.1. The minimum Gasteiger partial charge on any atom is -0.268 e. The van der Waals surface area contributed by atoms with Crippen LogP contribution in [0.3, 0.4) is 0 Å². The Hall–Kier alpha value is -13.5. The number of para-hydroxylation sites is 2. The number of pyridine rings is 3. The second-order valence-corrected chi connectivity index (χ2v) is 25.2. The van der Waals surface area contributed by atoms with Crippen molar-refractivity contribution in [3.63, 3.8) is 0 Å². The van der Waals surface area contributed by atoms with Crippen LogP contribution in [0.15, 0.2) is 342 Å². The highest BCUT2D eigenvalue weighted by atomic mass is 16.1. The molecule has 0 fully saturated rings. The van der Waals surface area contributed by atoms with Crippen molar-refractivity contribution in [2.24, 2.45) is 0 Å². The third-order valence-corrected chi connectivity index (χ3v) is 19.7. The first-order valence-electron chi connectivity index (χ1n) is 33.1. The van der Waals surface area contributed by atoms with Crippen LogP contribution in [0, 0.1) is 0 Å². The van der Waals surface area contributed by atoms with Crippen molar-refractivity contribution >= 4 is 115 Å². The van der Waals surface area contributed by atoms with Gasteiger partial charge in [-0.1, -0.05) is 249 Å². The average molecular weight is 1270 g/mol. The van der Waals surface area contributed by atoms with Gasteiger partial charge in [-0.05, 0) is 162 Å². The number of benzene rings is 15. The number of hydrogen-bond donors (Lipinski definition) is 0. The van der Waals surface area contributed by atoms with E-state index >= 15 is 0 Å². The Morgan fingerprint density at radius 1 is 0.192 bits per heavy atom. The molecule has 9 heteroatoms. The highest BCUT2D eigenvalue weighted by Crippen LogP contribution is 2.42. The quantitative estimate of drug-likeness (QED) is 0.164. The second-order valence-electron chi connectivity index (χ2n) is 25.2. The molecular weight excluding hydrogens is 1210 g/mol. The lowest BCUT2D eigenvalue weighted by Crippen LogP contribution is -2.13. The molecule has 0 amide bonds. The largest absolute Gasteiger partial charge is 0.268 e. The van der Waals surface area contributed by atoms with Gasteiger partial charge in [-0.15, -0.1) is 0 Å². The fourth-order valence-electron chi connectivity index (χ4n) is 15.1. The Labute approximate surface area is 565 Å². The fourth-order valence-corrected chi connectivity index (χ4v) is 15.1. The highest BCUT2D eigenvalue weighted by Gasteiger charge is 2.23. The smallest absolute Gasteiger partial charge is 0.264 e. The molecule has 0 saturated carbocycles. The first-order chi connectivity index (χ1) is 48.9. The summed E-state index contributed by atoms with van der Waals surface area (Å²) >= 11 is 0. The third-order valence-electron chi connectivity index (χ3n) is 19.7. The molecule has 0 aliphatic carbocycles. The van der Waals surface area contributed by atoms with Gasteiger partial charge in [-0.2, -0.15) is 0 Å². The Morgan fingerprint density at radius 3 is 1.03 bits per heavy atom. The monoisotopic (exact) mass is 1270 g/mol. The van der Waals surface area contributed by atoms with E-state index in [9.17, 15) is 14.4 Å². The summed E-state index contributed by atoms with van der Waals surface area (Å²) in [6, 6.07) is 111. The van der Waals surface area contributed by atoms with Crippen LogP contribution in [0.2, 0.25) is 0 Å². The molecule has 462 valence electrons. The zero-order valence-corrected chi connectivity index (χ0v) is 53.1. The Balaban J connectivity index is 0.000000104. The van der Waals surface area contributed by atoms with E-state index in [0.717, 1.165) is 164 Å². The Morgan fingerprint density at radius 2 is 0.535 bits per heavy atom. The van der Waals surface area contributed by atoms with E-state index in [1.807, 2.05) is 176 Å². The van der Waals surface area contributed by atoms with E-state index in [1.54, 1.807) is 13.2 Å². The van der Waals surface area contributed by atoms with Gasteiger partial charge in [-0.3, -0.25) is 27.6 Å². The SMILES string of the molecule is O=c1c2cc(-c3ccccc3)cc3c(-c4ccccc4)ccc(c32)c2nc3ccccc3n12.O=c1c2cccc3c(-c4ccccc4)ccc(c32)c2nc3cc(-c4ccccc4)ccc3n12.O=c1c2cccc3c(-c4ccccc4)ccc(c32)c2nc3ccc(-c4ccccc4)cc3n12. The van der Waals surface area contributed by atoms with E-state index in [-0.39, 0.29) is 16.7 Å². The van der Waals surface area contributed by atoms with Crippen LogP contribution in [0.4, 0.5) is 0 Å². The van der Waals surface area contributed by atoms with Gasteiger partial charge in [0.1, 0.15) is 16.9 Å². The maximum Gasteiger partial charge on any atom is 0.264 e. The summed E-state index contributed by atoms with van der Waals surface area (Å²) in [7, 11) is 0. The van der Waals surface area contributed by atoms with Crippen LogP contribution in [0.25, 0.3) is 181 Å². The number of rotatable bonds is 6. The molecule has 0 atom stereocenters. The molecule has 0 N–H and O–H groups in total. The molecule has 21 aromatic rings. The zero-order chi connectivity index (χ0) is 65.8. The lowest BCUT2D eigenvalue weighted by molar-refractivity contribution is 1.19. The van der Waals surface area contributed by atoms with Crippen molar-refractivity contribution < 1.29 is 0 Å². The number of hydrogen-bond acceptors (Lipinski definition) is 6. The Kier molecular flexibility index (Phi) is 13.2. The summed E-state index contributed by atoms with van der Waals surface area (Å²) in [5.74, 6) is 0. The van der Waals surface area contributed by atoms with Crippen molar-refractivity contribution in [2.45, 2.75) is 0 Å². The first kappa shape index (κ1) is 57.0. The van der Waals surface area contributed by atoms with E-state index in [1.165, 1.54) is 0 Å². The molecule has 0 bridgehead atoms. The van der Waals surface area contributed by atoms with E-state index in [4.69, 9.17) is 15.0 Å². The maximum atomic E-state index is 13.9. The average Bonchev–Trinajstić information content (AvgIpc) is 1.66. The van der Waals surface area contributed by atoms with Gasteiger partial charge in [-0.25, -0.2) is 15.0 Å². The van der Waals surface area contributed by atoms with Gasteiger partial charge in [0, 0.05) is 48.5 Å². The minimum absolute atomic E-state index is 0.0247. The molecule has 6 heterocycles. The molecule has 0 aliphatic heterocycles. The lowest BCUT2D eigenvalue weighted by Gasteiger charge is -2.14. The van der Waals surface area contributed by atoms with Gasteiger partial charge in [0.25, 0.3) is 16.7 Å². The summed E-state index contributed by atoms with van der Waals surface area (Å²) in [5.41, 5.74) is 20.4. The molecule has 99 heavy (non-hydrogen) atoms. The molecule has 0 aliphatic rings. The van der Waals surface area contributed by atoms with Crippen molar-refractivity contribution in [1.82, 2.24) is 28.2 Å². The van der Waals surface area contributed by atoms with Crippen LogP contribution >= 0.6 is 0 Å². The normalized spacial score (nSPS) is 11.8. The number of imidazole rings is 3. The van der Waals surface area contributed by atoms with Crippen LogP contribution in [-0.2, 0) is 0 Å². The van der Waals surface area contributed by atoms with Gasteiger partial charge >= 0.3 is 0 Å². The summed E-state index contributed by atoms with van der Waals surface area (Å²) in [6.45, 7) is 0. The number of aromatic nitrogens is 6. The van der Waals surface area contributed by atoms with Gasteiger partial charge in [0.05, 0.1) is 33.1 Å². The molecular formula is C90H54N6O3. The molecule has 15 aromatic carbocycles. The first-order valence-corrected chi connectivity index (χ1v) is 33.1. The summed E-state index contributed by atoms with van der Waals surface area (Å²) in [5, 5.41) is 11.3. The van der Waals surface area contributed by atoms with E-state index in [0.29, 0.717) is 16.9 Å². The molecule has 9 nitrogen and oxygen atoms in total. The maximum absolute atomic E-state index is 13.9. The van der Waals surface area contributed by atoms with Crippen molar-refractivity contribution in [3.05, 3.63) is 359 Å². The van der Waals surface area contributed by atoms with Crippen molar-refractivity contribution in [3.8, 4) is 66.8 Å². The summed E-state index contributed by atoms with van der Waals surface area (Å²) in [6.07, 6.45) is 0. The molecule has 0 radical (unpaired) electrons. The summed E-state index contributed by atoms with van der Waals surface area (Å²) in [4.78, 5) is 56.1. The molecule has 0 unspecified atom stereocenters. The topological polar surface area (TPSA) is 103 Å². The minimum atomic E-state index is -0.0285. The molecule has 21 rings (SSSR count). The summed E-state index contributed by atoms with van der Waals surface area (Å²) < 4.78 is 5.31. The Bertz CT molecular complexity index is 6850. The van der Waals surface area contributed by atoms with Crippen molar-refractivity contribution in [1.29, 1.82) is 0 Å². The highest BCUT2D eigenvalue weighted by molar-refractivity contribution is 6.22. The molecule has 6 aromatic heterocycles. The number of fused-ring (bicyclic) bond motifs is 12. The predicted octanol–water partition coefficient (Wildman–Crippen LogP) is 20.8. The fraction of sp³-hybridized carbons (Fsp3) is 0. The van der Waals surface area contributed by atoms with Crippen LogP contribution < -0.4 is 16.7 Å². The van der Waals surface area contributed by atoms with Gasteiger partial charge in [0.2, 0.25) is 0 Å². The van der Waals surface area contributed by atoms with Crippen LogP contribution in [-0.4, -0.2) is 28.2 Å². The van der Waals surface area contributed by atoms with Gasteiger partial charge in [0.15, 0.2) is 0 Å². The second kappa shape index (κ2) is 22.9. The van der Waals surface area contributed by atoms with Gasteiger partial charge < -0.3 is 0 Å². The third kappa shape index (κ3) is 9.17. The van der Waals surface area contributed by atoms with Crippen molar-refractivity contribution in [2.75, 3.05) is 0 Å². The van der Waals surface area contributed by atoms with Crippen LogP contribution in [0.5, 0.6) is 0 Å². The molecule has 0 spiro atoms. The predicted molar refractivity (Wildman–Crippen MR) is 408 cm³/mol. The van der Waals surface area contributed by atoms with Crippen LogP contribution in [0.1, 0.15) is 0 Å². The molecule has 0 saturated heterocycles.